The van der Waals surface area contributed by atoms with Gasteiger partial charge in [0.2, 0.25) is 0 Å². The average Bonchev–Trinajstić information content (AvgIpc) is 2.88. The first-order chi connectivity index (χ1) is 11.2. The Labute approximate surface area is 136 Å². The maximum absolute atomic E-state index is 4.67. The molecule has 0 atom stereocenters. The van der Waals surface area contributed by atoms with E-state index in [2.05, 4.69) is 44.7 Å². The fraction of sp³-hybridized carbons (Fsp3) is 0.368. The molecule has 1 aliphatic rings. The van der Waals surface area contributed by atoms with Gasteiger partial charge in [-0.3, -0.25) is 4.98 Å². The topological polar surface area (TPSA) is 34.0 Å². The van der Waals surface area contributed by atoms with Crippen molar-refractivity contribution in [2.45, 2.75) is 32.9 Å². The molecule has 3 aromatic rings. The molecule has 0 spiro atoms. The third-order valence-corrected chi connectivity index (χ3v) is 4.80. The third-order valence-electron chi connectivity index (χ3n) is 4.80. The van der Waals surface area contributed by atoms with Crippen molar-refractivity contribution in [3.63, 3.8) is 0 Å². The maximum Gasteiger partial charge on any atom is 0.140 e. The molecule has 0 unspecified atom stereocenters. The zero-order valence-electron chi connectivity index (χ0n) is 13.8. The largest absolute Gasteiger partial charge is 0.329 e. The zero-order chi connectivity index (χ0) is 15.8. The predicted molar refractivity (Wildman–Crippen MR) is 92.4 cm³/mol. The van der Waals surface area contributed by atoms with E-state index in [1.54, 1.807) is 0 Å². The number of hydrogen-bond acceptors (Lipinski definition) is 3. The van der Waals surface area contributed by atoms with Crippen molar-refractivity contribution in [2.75, 3.05) is 13.6 Å². The summed E-state index contributed by atoms with van der Waals surface area (Å²) in [6, 6.07) is 8.53. The Balaban J connectivity index is 1.70. The fourth-order valence-electron chi connectivity index (χ4n) is 3.53. The summed E-state index contributed by atoms with van der Waals surface area (Å²) in [6.45, 7) is 5.14. The molecule has 4 heteroatoms. The summed E-state index contributed by atoms with van der Waals surface area (Å²) in [7, 11) is 2.19. The molecule has 4 heterocycles. The normalized spacial score (nSPS) is 15.0. The predicted octanol–water partition coefficient (Wildman–Crippen LogP) is 2.97. The number of fused-ring (bicyclic) bond motifs is 3. The van der Waals surface area contributed by atoms with Crippen LogP contribution in [0.1, 0.15) is 22.5 Å². The first-order valence-corrected chi connectivity index (χ1v) is 8.27. The maximum atomic E-state index is 4.67. The summed E-state index contributed by atoms with van der Waals surface area (Å²) >= 11 is 0. The van der Waals surface area contributed by atoms with Gasteiger partial charge < -0.3 is 9.47 Å². The first kappa shape index (κ1) is 14.4. The first-order valence-electron chi connectivity index (χ1n) is 8.27. The van der Waals surface area contributed by atoms with Gasteiger partial charge in [0, 0.05) is 55.2 Å². The Morgan fingerprint density at radius 2 is 2.09 bits per heavy atom. The van der Waals surface area contributed by atoms with Gasteiger partial charge in [0.15, 0.2) is 0 Å². The molecule has 0 aromatic carbocycles. The third kappa shape index (κ3) is 2.63. The standard InChI is InChI=1S/C19H22N4/c1-14-5-6-15(12-21-14)7-11-23-18-8-10-22(2)13-17(18)16-4-3-9-20-19(16)23/h3-6,9,12H,7-8,10-11,13H2,1-2H3. The summed E-state index contributed by atoms with van der Waals surface area (Å²) in [5.74, 6) is 0. The van der Waals surface area contributed by atoms with Crippen molar-refractivity contribution >= 4 is 11.0 Å². The van der Waals surface area contributed by atoms with Gasteiger partial charge in [0.1, 0.15) is 5.65 Å². The van der Waals surface area contributed by atoms with Gasteiger partial charge in [0.25, 0.3) is 0 Å². The van der Waals surface area contributed by atoms with E-state index in [1.165, 1.54) is 22.2 Å². The number of pyridine rings is 2. The lowest BCUT2D eigenvalue weighted by Crippen LogP contribution is -2.27. The molecular weight excluding hydrogens is 284 g/mol. The minimum Gasteiger partial charge on any atom is -0.329 e. The van der Waals surface area contributed by atoms with Gasteiger partial charge >= 0.3 is 0 Å². The zero-order valence-corrected chi connectivity index (χ0v) is 13.8. The van der Waals surface area contributed by atoms with E-state index in [0.717, 1.165) is 43.8 Å². The van der Waals surface area contributed by atoms with E-state index in [0.29, 0.717) is 0 Å². The van der Waals surface area contributed by atoms with Gasteiger partial charge in [-0.2, -0.15) is 0 Å². The molecule has 118 valence electrons. The summed E-state index contributed by atoms with van der Waals surface area (Å²) in [5, 5.41) is 1.32. The van der Waals surface area contributed by atoms with Crippen molar-refractivity contribution in [1.82, 2.24) is 19.4 Å². The molecule has 0 bridgehead atoms. The van der Waals surface area contributed by atoms with Gasteiger partial charge in [-0.05, 0) is 49.7 Å². The lowest BCUT2D eigenvalue weighted by Gasteiger charge is -2.24. The van der Waals surface area contributed by atoms with Crippen LogP contribution in [0, 0.1) is 6.92 Å². The van der Waals surface area contributed by atoms with E-state index in [9.17, 15) is 0 Å². The molecule has 0 radical (unpaired) electrons. The smallest absolute Gasteiger partial charge is 0.140 e. The van der Waals surface area contributed by atoms with Crippen LogP contribution in [0.4, 0.5) is 0 Å². The number of rotatable bonds is 3. The Morgan fingerprint density at radius 1 is 1.17 bits per heavy atom. The van der Waals surface area contributed by atoms with E-state index in [1.807, 2.05) is 25.4 Å². The Hall–Kier alpha value is -2.20. The molecule has 1 aliphatic heterocycles. The Kier molecular flexibility index (Phi) is 3.62. The lowest BCUT2D eigenvalue weighted by molar-refractivity contribution is 0.309. The molecule has 4 rings (SSSR count). The van der Waals surface area contributed by atoms with Gasteiger partial charge in [-0.25, -0.2) is 4.98 Å². The molecule has 4 nitrogen and oxygen atoms in total. The second-order valence-corrected chi connectivity index (χ2v) is 6.50. The highest BCUT2D eigenvalue weighted by molar-refractivity contribution is 5.82. The Morgan fingerprint density at radius 3 is 2.91 bits per heavy atom. The minimum absolute atomic E-state index is 0.970. The van der Waals surface area contributed by atoms with Crippen LogP contribution in [0.3, 0.4) is 0 Å². The number of aromatic nitrogens is 3. The van der Waals surface area contributed by atoms with Crippen LogP contribution in [-0.4, -0.2) is 33.0 Å². The van der Waals surface area contributed by atoms with Crippen molar-refractivity contribution in [3.05, 3.63) is 59.2 Å². The van der Waals surface area contributed by atoms with Crippen molar-refractivity contribution in [2.24, 2.45) is 0 Å². The van der Waals surface area contributed by atoms with E-state index >= 15 is 0 Å². The van der Waals surface area contributed by atoms with Gasteiger partial charge in [0.05, 0.1) is 0 Å². The van der Waals surface area contributed by atoms with Crippen LogP contribution in [0.15, 0.2) is 36.7 Å². The fourth-order valence-corrected chi connectivity index (χ4v) is 3.53. The Bertz CT molecular complexity index is 832. The molecule has 0 saturated carbocycles. The molecule has 0 fully saturated rings. The minimum atomic E-state index is 0.970. The van der Waals surface area contributed by atoms with Crippen molar-refractivity contribution < 1.29 is 0 Å². The summed E-state index contributed by atoms with van der Waals surface area (Å²) < 4.78 is 2.43. The molecule has 23 heavy (non-hydrogen) atoms. The highest BCUT2D eigenvalue weighted by atomic mass is 15.1. The molecule has 0 saturated heterocycles. The number of likely N-dealkylation sites (N-methyl/N-ethyl adjacent to an activating group) is 1. The number of aryl methyl sites for hydroxylation is 3. The quantitative estimate of drug-likeness (QED) is 0.746. The lowest BCUT2D eigenvalue weighted by atomic mass is 10.1. The summed E-state index contributed by atoms with van der Waals surface area (Å²) in [4.78, 5) is 11.5. The van der Waals surface area contributed by atoms with Crippen LogP contribution in [-0.2, 0) is 25.9 Å². The van der Waals surface area contributed by atoms with Crippen molar-refractivity contribution in [1.29, 1.82) is 0 Å². The van der Waals surface area contributed by atoms with E-state index in [-0.39, 0.29) is 0 Å². The van der Waals surface area contributed by atoms with E-state index in [4.69, 9.17) is 0 Å². The number of hydrogen-bond donors (Lipinski definition) is 0. The number of nitrogens with zero attached hydrogens (tertiary/aromatic N) is 4. The van der Waals surface area contributed by atoms with Gasteiger partial charge in [-0.15, -0.1) is 0 Å². The SMILES string of the molecule is Cc1ccc(CCn2c3c(c4cccnc42)CN(C)CC3)cn1. The van der Waals surface area contributed by atoms with Crippen molar-refractivity contribution in [3.8, 4) is 0 Å². The second kappa shape index (κ2) is 5.78. The van der Waals surface area contributed by atoms with E-state index < -0.39 is 0 Å². The second-order valence-electron chi connectivity index (χ2n) is 6.50. The van der Waals surface area contributed by atoms with Crippen LogP contribution >= 0.6 is 0 Å². The molecule has 0 N–H and O–H groups in total. The van der Waals surface area contributed by atoms with Gasteiger partial charge in [-0.1, -0.05) is 6.07 Å². The average molecular weight is 306 g/mol. The monoisotopic (exact) mass is 306 g/mol. The highest BCUT2D eigenvalue weighted by Crippen LogP contribution is 2.29. The summed E-state index contributed by atoms with van der Waals surface area (Å²) in [6.07, 6.45) is 6.00. The molecule has 3 aromatic heterocycles. The molecule has 0 aliphatic carbocycles. The molecular formula is C19H22N4. The van der Waals surface area contributed by atoms with Crippen LogP contribution in [0.2, 0.25) is 0 Å². The molecule has 0 amide bonds. The highest BCUT2D eigenvalue weighted by Gasteiger charge is 2.22. The van der Waals surface area contributed by atoms with Crippen LogP contribution in [0.25, 0.3) is 11.0 Å². The van der Waals surface area contributed by atoms with Crippen LogP contribution < -0.4 is 0 Å². The van der Waals surface area contributed by atoms with Crippen LogP contribution in [0.5, 0.6) is 0 Å². The summed E-state index contributed by atoms with van der Waals surface area (Å²) in [5.41, 5.74) is 6.42.